The molecule has 4 aromatic carbocycles. The standard InChI is InChI=1S/C20H18F2N2O4.C12H15F2NO3.C8H5NO2/c1-23(19(27)28-11-14-7-3-2-4-8-14)12-20(21,22)13-24-17(25)15-9-5-6-10-16(15)18(24)26;1-15(8-12(13,14)9-16)11(17)18-7-10-5-3-2-4-6-10;10-7-5-3-1-2-4-6(5)8(11)9-7/h2-10H,11-13H2,1H3;2-6,16H,7-9H2,1H3;1-4H,(H,9,10,11). The summed E-state index contributed by atoms with van der Waals surface area (Å²) in [6.45, 7) is -4.31. The lowest BCUT2D eigenvalue weighted by Gasteiger charge is -2.26. The van der Waals surface area contributed by atoms with E-state index in [1.807, 2.05) is 6.07 Å². The number of rotatable bonds is 11. The van der Waals surface area contributed by atoms with Gasteiger partial charge in [0.05, 0.1) is 41.9 Å². The van der Waals surface area contributed by atoms with E-state index in [2.05, 4.69) is 5.32 Å². The number of halogens is 4. The molecule has 2 N–H and O–H groups in total. The summed E-state index contributed by atoms with van der Waals surface area (Å²) in [7, 11) is 2.36. The number of fused-ring (bicyclic) bond motifs is 2. The van der Waals surface area contributed by atoms with E-state index in [1.54, 1.807) is 91.0 Å². The van der Waals surface area contributed by atoms with Crippen molar-refractivity contribution in [2.24, 2.45) is 0 Å². The number of alkyl halides is 4. The maximum Gasteiger partial charge on any atom is 0.410 e. The van der Waals surface area contributed by atoms with Gasteiger partial charge in [0.2, 0.25) is 0 Å². The number of aliphatic hydroxyl groups is 1. The Morgan fingerprint density at radius 1 is 0.596 bits per heavy atom. The lowest BCUT2D eigenvalue weighted by Crippen LogP contribution is -2.47. The number of nitrogens with zero attached hydrogens (tertiary/aromatic N) is 3. The minimum Gasteiger partial charge on any atom is -0.445 e. The van der Waals surface area contributed by atoms with Crippen LogP contribution in [0.25, 0.3) is 0 Å². The van der Waals surface area contributed by atoms with Gasteiger partial charge in [0.1, 0.15) is 19.8 Å². The van der Waals surface area contributed by atoms with Crippen LogP contribution in [0.5, 0.6) is 0 Å². The van der Waals surface area contributed by atoms with Crippen molar-refractivity contribution in [3.05, 3.63) is 143 Å². The van der Waals surface area contributed by atoms with Gasteiger partial charge >= 0.3 is 12.2 Å². The minimum atomic E-state index is -3.49. The van der Waals surface area contributed by atoms with E-state index in [4.69, 9.17) is 14.6 Å². The largest absolute Gasteiger partial charge is 0.445 e. The molecule has 0 aliphatic carbocycles. The molecule has 300 valence electrons. The Morgan fingerprint density at radius 2 is 0.947 bits per heavy atom. The zero-order valence-electron chi connectivity index (χ0n) is 30.7. The third kappa shape index (κ3) is 12.2. The predicted molar refractivity (Wildman–Crippen MR) is 196 cm³/mol. The van der Waals surface area contributed by atoms with Crippen LogP contribution in [-0.4, -0.2) is 108 Å². The fraction of sp³-hybridized carbons (Fsp3) is 0.250. The molecule has 0 fully saturated rings. The highest BCUT2D eigenvalue weighted by Gasteiger charge is 2.43. The molecule has 4 aromatic rings. The van der Waals surface area contributed by atoms with E-state index in [1.165, 1.54) is 26.2 Å². The van der Waals surface area contributed by atoms with Crippen molar-refractivity contribution in [1.29, 1.82) is 0 Å². The molecule has 2 aliphatic rings. The molecule has 2 aliphatic heterocycles. The van der Waals surface area contributed by atoms with Crippen LogP contribution in [0.4, 0.5) is 27.2 Å². The second-order valence-corrected chi connectivity index (χ2v) is 12.7. The quantitative estimate of drug-likeness (QED) is 0.145. The Balaban J connectivity index is 0.000000211. The van der Waals surface area contributed by atoms with Crippen molar-refractivity contribution in [3.63, 3.8) is 0 Å². The Bertz CT molecular complexity index is 2000. The molecule has 0 atom stereocenters. The number of carbonyl (C=O) groups excluding carboxylic acids is 6. The molecule has 0 spiro atoms. The van der Waals surface area contributed by atoms with Gasteiger partial charge in [-0.15, -0.1) is 0 Å². The molecule has 17 heteroatoms. The zero-order valence-corrected chi connectivity index (χ0v) is 30.7. The fourth-order valence-corrected chi connectivity index (χ4v) is 5.31. The first-order valence-electron chi connectivity index (χ1n) is 17.1. The summed E-state index contributed by atoms with van der Waals surface area (Å²) < 4.78 is 64.4. The van der Waals surface area contributed by atoms with Crippen LogP contribution in [0.15, 0.2) is 109 Å². The molecule has 0 radical (unpaired) electrons. The third-order valence-electron chi connectivity index (χ3n) is 8.11. The average Bonchev–Trinajstić information content (AvgIpc) is 3.62. The summed E-state index contributed by atoms with van der Waals surface area (Å²) in [5, 5.41) is 10.6. The van der Waals surface area contributed by atoms with E-state index in [9.17, 15) is 46.3 Å². The van der Waals surface area contributed by atoms with Crippen LogP contribution in [0.2, 0.25) is 0 Å². The highest BCUT2D eigenvalue weighted by atomic mass is 19.3. The highest BCUT2D eigenvalue weighted by Crippen LogP contribution is 2.27. The summed E-state index contributed by atoms with van der Waals surface area (Å²) >= 11 is 0. The van der Waals surface area contributed by atoms with Crippen LogP contribution in [0.3, 0.4) is 0 Å². The topological polar surface area (TPSA) is 163 Å². The van der Waals surface area contributed by atoms with Gasteiger partial charge < -0.3 is 24.4 Å². The van der Waals surface area contributed by atoms with Gasteiger partial charge in [-0.1, -0.05) is 84.9 Å². The molecule has 0 unspecified atom stereocenters. The maximum absolute atomic E-state index is 14.4. The number of ether oxygens (including phenoxy) is 2. The van der Waals surface area contributed by atoms with Gasteiger partial charge in [-0.25, -0.2) is 27.2 Å². The van der Waals surface area contributed by atoms with Crippen LogP contribution >= 0.6 is 0 Å². The van der Waals surface area contributed by atoms with Gasteiger partial charge in [-0.05, 0) is 35.4 Å². The molecule has 57 heavy (non-hydrogen) atoms. The number of carbonyl (C=O) groups is 6. The summed E-state index contributed by atoms with van der Waals surface area (Å²) in [4.78, 5) is 71.7. The van der Waals surface area contributed by atoms with E-state index < -0.39 is 62.1 Å². The van der Waals surface area contributed by atoms with Crippen molar-refractivity contribution in [3.8, 4) is 0 Å². The van der Waals surface area contributed by atoms with Crippen molar-refractivity contribution in [2.75, 3.05) is 40.3 Å². The molecular weight excluding hydrogens is 756 g/mol. The SMILES string of the molecule is CN(CC(F)(F)CN1C(=O)c2ccccc2C1=O)C(=O)OCc1ccccc1.CN(CC(F)(F)CO)C(=O)OCc1ccccc1.O=C1NC(=O)c2ccccc21. The molecule has 13 nitrogen and oxygen atoms in total. The molecule has 0 aromatic heterocycles. The van der Waals surface area contributed by atoms with Gasteiger partial charge in [-0.3, -0.25) is 29.4 Å². The van der Waals surface area contributed by atoms with Gasteiger partial charge in [-0.2, -0.15) is 0 Å². The maximum atomic E-state index is 14.4. The molecule has 2 heterocycles. The van der Waals surface area contributed by atoms with Gasteiger partial charge in [0, 0.05) is 14.1 Å². The number of imide groups is 2. The molecule has 0 bridgehead atoms. The predicted octanol–water partition coefficient (Wildman–Crippen LogP) is 5.64. The number of hydrogen-bond acceptors (Lipinski definition) is 9. The molecule has 0 saturated heterocycles. The first-order chi connectivity index (χ1) is 27.0. The number of amides is 6. The van der Waals surface area contributed by atoms with E-state index >= 15 is 0 Å². The first kappa shape index (κ1) is 43.1. The van der Waals surface area contributed by atoms with Gasteiger partial charge in [0.25, 0.3) is 35.5 Å². The van der Waals surface area contributed by atoms with E-state index in [0.29, 0.717) is 16.0 Å². The second kappa shape index (κ2) is 19.3. The van der Waals surface area contributed by atoms with Crippen LogP contribution < -0.4 is 5.32 Å². The van der Waals surface area contributed by atoms with Crippen molar-refractivity contribution < 1.29 is 60.9 Å². The molecule has 6 rings (SSSR count). The summed E-state index contributed by atoms with van der Waals surface area (Å²) in [5.41, 5.74) is 2.63. The first-order valence-corrected chi connectivity index (χ1v) is 17.1. The lowest BCUT2D eigenvalue weighted by atomic mass is 10.1. The third-order valence-corrected chi connectivity index (χ3v) is 8.11. The van der Waals surface area contributed by atoms with Crippen molar-refractivity contribution in [2.45, 2.75) is 25.1 Å². The molecule has 6 amide bonds. The van der Waals surface area contributed by atoms with Crippen LogP contribution in [-0.2, 0) is 22.7 Å². The Morgan fingerprint density at radius 3 is 1.33 bits per heavy atom. The van der Waals surface area contributed by atoms with Crippen LogP contribution in [0, 0.1) is 0 Å². The Kier molecular flexibility index (Phi) is 14.6. The van der Waals surface area contributed by atoms with Crippen molar-refractivity contribution in [1.82, 2.24) is 20.0 Å². The number of nitrogens with one attached hydrogen (secondary N) is 1. The number of benzene rings is 4. The summed E-state index contributed by atoms with van der Waals surface area (Å²) in [6.07, 6.45) is -1.78. The summed E-state index contributed by atoms with van der Waals surface area (Å²) in [5.74, 6) is -8.95. The highest BCUT2D eigenvalue weighted by molar-refractivity contribution is 6.22. The minimum absolute atomic E-state index is 0.0225. The second-order valence-electron chi connectivity index (χ2n) is 12.7. The van der Waals surface area contributed by atoms with E-state index in [0.717, 1.165) is 20.9 Å². The average molecular weight is 795 g/mol. The lowest BCUT2D eigenvalue weighted by molar-refractivity contribution is -0.0670. The van der Waals surface area contributed by atoms with Crippen molar-refractivity contribution >= 4 is 35.8 Å². The monoisotopic (exact) mass is 794 g/mol. The Hall–Kier alpha value is -6.62. The van der Waals surface area contributed by atoms with E-state index in [-0.39, 0.29) is 36.2 Å². The van der Waals surface area contributed by atoms with Crippen LogP contribution in [0.1, 0.15) is 52.6 Å². The molecule has 0 saturated carbocycles. The molecular formula is C40H38F4N4O9. The normalized spacial score (nSPS) is 12.9. The Labute approximate surface area is 324 Å². The van der Waals surface area contributed by atoms with Gasteiger partial charge in [0.15, 0.2) is 0 Å². The zero-order chi connectivity index (χ0) is 41.8. The summed E-state index contributed by atoms with van der Waals surface area (Å²) in [6, 6.07) is 30.4. The number of aliphatic hydroxyl groups excluding tert-OH is 1. The smallest absolute Gasteiger partial charge is 0.410 e. The fourth-order valence-electron chi connectivity index (χ4n) is 5.31. The number of hydrogen-bond donors (Lipinski definition) is 2.